The zero-order valence-corrected chi connectivity index (χ0v) is 5.37. The summed E-state index contributed by atoms with van der Waals surface area (Å²) in [5, 5.41) is 9.75. The lowest BCUT2D eigenvalue weighted by Crippen LogP contribution is -1.92. The Morgan fingerprint density at radius 1 is 1.80 bits per heavy atom. The molecule has 0 aliphatic heterocycles. The molecule has 0 saturated heterocycles. The third-order valence-corrected chi connectivity index (χ3v) is 0.903. The summed E-state index contributed by atoms with van der Waals surface area (Å²) in [6.07, 6.45) is 6.61. The lowest BCUT2D eigenvalue weighted by atomic mass is 10.5. The van der Waals surface area contributed by atoms with E-state index in [9.17, 15) is 0 Å². The summed E-state index contributed by atoms with van der Waals surface area (Å²) < 4.78 is 4.97. The first-order valence-electron chi connectivity index (χ1n) is 2.80. The predicted octanol–water partition coefficient (Wildman–Crippen LogP) is -0.0455. The molecule has 1 aromatic heterocycles. The number of terminal acetylenes is 1. The average Bonchev–Trinajstić information content (AvgIpc) is 2.41. The fourth-order valence-electron chi connectivity index (χ4n) is 0.510. The van der Waals surface area contributed by atoms with Gasteiger partial charge in [-0.25, -0.2) is 0 Å². The van der Waals surface area contributed by atoms with Crippen molar-refractivity contribution in [1.29, 1.82) is 0 Å². The first kappa shape index (κ1) is 6.78. The van der Waals surface area contributed by atoms with Gasteiger partial charge in [-0.3, -0.25) is 5.10 Å². The van der Waals surface area contributed by atoms with E-state index in [1.807, 2.05) is 0 Å². The van der Waals surface area contributed by atoms with E-state index in [1.165, 1.54) is 0 Å². The van der Waals surface area contributed by atoms with Gasteiger partial charge in [0, 0.05) is 6.20 Å². The Bertz CT molecular complexity index is 211. The van der Waals surface area contributed by atoms with Gasteiger partial charge < -0.3 is 4.74 Å². The summed E-state index contributed by atoms with van der Waals surface area (Å²) in [5.74, 6) is 2.35. The molecule has 0 atom stereocenters. The minimum Gasteiger partial charge on any atom is -0.362 e. The van der Waals surface area contributed by atoms with Gasteiger partial charge in [0.1, 0.15) is 12.3 Å². The van der Waals surface area contributed by atoms with Crippen molar-refractivity contribution in [2.75, 3.05) is 6.61 Å². The van der Waals surface area contributed by atoms with Crippen LogP contribution in [0.25, 0.3) is 0 Å². The zero-order chi connectivity index (χ0) is 7.23. The molecule has 1 aromatic rings. The van der Waals surface area contributed by atoms with Crippen molar-refractivity contribution in [3.05, 3.63) is 11.9 Å². The highest BCUT2D eigenvalue weighted by Crippen LogP contribution is 1.90. The summed E-state index contributed by atoms with van der Waals surface area (Å²) in [7, 11) is 0. The molecule has 0 amide bonds. The summed E-state index contributed by atoms with van der Waals surface area (Å²) in [5.41, 5.74) is 0.759. The molecular formula is C6H7N3O. The average molecular weight is 137 g/mol. The molecule has 0 aromatic carbocycles. The number of rotatable bonds is 3. The zero-order valence-electron chi connectivity index (χ0n) is 5.37. The summed E-state index contributed by atoms with van der Waals surface area (Å²) in [4.78, 5) is 0. The van der Waals surface area contributed by atoms with Crippen molar-refractivity contribution in [2.24, 2.45) is 0 Å². The smallest absolute Gasteiger partial charge is 0.108 e. The molecule has 1 heterocycles. The van der Waals surface area contributed by atoms with E-state index in [0.29, 0.717) is 13.2 Å². The molecule has 0 spiro atoms. The largest absolute Gasteiger partial charge is 0.362 e. The summed E-state index contributed by atoms with van der Waals surface area (Å²) >= 11 is 0. The van der Waals surface area contributed by atoms with Crippen LogP contribution in [0.2, 0.25) is 0 Å². The minimum atomic E-state index is 0.312. The molecule has 0 fully saturated rings. The van der Waals surface area contributed by atoms with Crippen LogP contribution in [0.4, 0.5) is 0 Å². The van der Waals surface area contributed by atoms with E-state index in [4.69, 9.17) is 11.2 Å². The standard InChI is InChI=1S/C6H7N3O/c1-2-3-10-5-6-4-7-9-8-6/h1,4H,3,5H2,(H,7,8,9). The van der Waals surface area contributed by atoms with E-state index >= 15 is 0 Å². The highest BCUT2D eigenvalue weighted by molar-refractivity contribution is 4.88. The van der Waals surface area contributed by atoms with Crippen molar-refractivity contribution < 1.29 is 4.74 Å². The Morgan fingerprint density at radius 3 is 3.30 bits per heavy atom. The predicted molar refractivity (Wildman–Crippen MR) is 34.9 cm³/mol. The normalized spacial score (nSPS) is 9.10. The number of hydrogen-bond donors (Lipinski definition) is 1. The minimum absolute atomic E-state index is 0.312. The highest BCUT2D eigenvalue weighted by Gasteiger charge is 1.92. The molecule has 1 rings (SSSR count). The van der Waals surface area contributed by atoms with Gasteiger partial charge >= 0.3 is 0 Å². The van der Waals surface area contributed by atoms with E-state index in [-0.39, 0.29) is 0 Å². The number of nitrogens with one attached hydrogen (secondary N) is 1. The highest BCUT2D eigenvalue weighted by atomic mass is 16.5. The second-order valence-electron chi connectivity index (χ2n) is 1.66. The van der Waals surface area contributed by atoms with E-state index in [0.717, 1.165) is 5.69 Å². The Labute approximate surface area is 58.6 Å². The van der Waals surface area contributed by atoms with Crippen molar-refractivity contribution in [3.8, 4) is 12.3 Å². The molecule has 0 aliphatic rings. The van der Waals surface area contributed by atoms with Crippen molar-refractivity contribution in [3.63, 3.8) is 0 Å². The lowest BCUT2D eigenvalue weighted by Gasteiger charge is -1.92. The molecule has 0 aliphatic carbocycles. The van der Waals surface area contributed by atoms with Crippen LogP contribution in [0.3, 0.4) is 0 Å². The van der Waals surface area contributed by atoms with Crippen LogP contribution in [0.5, 0.6) is 0 Å². The van der Waals surface area contributed by atoms with Crippen molar-refractivity contribution in [2.45, 2.75) is 6.61 Å². The molecule has 52 valence electrons. The molecular weight excluding hydrogens is 130 g/mol. The number of H-pyrrole nitrogens is 1. The topological polar surface area (TPSA) is 50.8 Å². The second-order valence-corrected chi connectivity index (χ2v) is 1.66. The Kier molecular flexibility index (Phi) is 2.47. The van der Waals surface area contributed by atoms with Crippen LogP contribution in [0.1, 0.15) is 5.69 Å². The first-order chi connectivity index (χ1) is 4.93. The number of aromatic amines is 1. The fourth-order valence-corrected chi connectivity index (χ4v) is 0.510. The van der Waals surface area contributed by atoms with Gasteiger partial charge in [0.05, 0.1) is 6.61 Å². The molecule has 0 radical (unpaired) electrons. The molecule has 4 heteroatoms. The van der Waals surface area contributed by atoms with Gasteiger partial charge in [-0.2, -0.15) is 0 Å². The van der Waals surface area contributed by atoms with Gasteiger partial charge in [-0.1, -0.05) is 11.1 Å². The van der Waals surface area contributed by atoms with Crippen molar-refractivity contribution in [1.82, 2.24) is 15.4 Å². The van der Waals surface area contributed by atoms with Crippen LogP contribution in [-0.2, 0) is 11.3 Å². The Hall–Kier alpha value is -1.34. The van der Waals surface area contributed by atoms with E-state index < -0.39 is 0 Å². The van der Waals surface area contributed by atoms with Crippen LogP contribution >= 0.6 is 0 Å². The van der Waals surface area contributed by atoms with Crippen LogP contribution in [-0.4, -0.2) is 22.0 Å². The molecule has 10 heavy (non-hydrogen) atoms. The second kappa shape index (κ2) is 3.64. The maximum atomic E-state index is 4.97. The number of ether oxygens (including phenoxy) is 1. The Morgan fingerprint density at radius 2 is 2.70 bits per heavy atom. The summed E-state index contributed by atoms with van der Waals surface area (Å²) in [6, 6.07) is 0. The Balaban J connectivity index is 2.23. The summed E-state index contributed by atoms with van der Waals surface area (Å²) in [6.45, 7) is 0.730. The van der Waals surface area contributed by atoms with Crippen LogP contribution in [0.15, 0.2) is 6.20 Å². The third kappa shape index (κ3) is 1.88. The van der Waals surface area contributed by atoms with Gasteiger partial charge in [0.2, 0.25) is 0 Å². The fraction of sp³-hybridized carbons (Fsp3) is 0.333. The quantitative estimate of drug-likeness (QED) is 0.469. The molecule has 0 bridgehead atoms. The first-order valence-corrected chi connectivity index (χ1v) is 2.80. The number of hydrogen-bond acceptors (Lipinski definition) is 3. The van der Waals surface area contributed by atoms with Gasteiger partial charge in [-0.15, -0.1) is 11.5 Å². The van der Waals surface area contributed by atoms with Gasteiger partial charge in [0.25, 0.3) is 0 Å². The number of nitrogens with zero attached hydrogens (tertiary/aromatic N) is 2. The van der Waals surface area contributed by atoms with Gasteiger partial charge in [-0.05, 0) is 0 Å². The van der Waals surface area contributed by atoms with Crippen LogP contribution < -0.4 is 0 Å². The van der Waals surface area contributed by atoms with Gasteiger partial charge in [0.15, 0.2) is 0 Å². The molecule has 1 N–H and O–H groups in total. The SMILES string of the molecule is C#CCOCc1c[nH]nn1. The van der Waals surface area contributed by atoms with E-state index in [1.54, 1.807) is 6.20 Å². The van der Waals surface area contributed by atoms with Crippen molar-refractivity contribution >= 4 is 0 Å². The lowest BCUT2D eigenvalue weighted by molar-refractivity contribution is 0.150. The number of aromatic nitrogens is 3. The maximum absolute atomic E-state index is 4.97. The maximum Gasteiger partial charge on any atom is 0.108 e. The molecule has 0 unspecified atom stereocenters. The van der Waals surface area contributed by atoms with E-state index in [2.05, 4.69) is 21.3 Å². The third-order valence-electron chi connectivity index (χ3n) is 0.903. The monoisotopic (exact) mass is 137 g/mol. The molecule has 4 nitrogen and oxygen atoms in total. The van der Waals surface area contributed by atoms with Crippen LogP contribution in [0, 0.1) is 12.3 Å². The molecule has 0 saturated carbocycles.